The monoisotopic (exact) mass is 326 g/mol. The molecule has 2 aliphatic carbocycles. The smallest absolute Gasteiger partial charge is 0.183 e. The number of fused-ring (bicyclic) bond motifs is 1. The highest BCUT2D eigenvalue weighted by molar-refractivity contribution is 6.69. The van der Waals surface area contributed by atoms with Crippen molar-refractivity contribution < 1.29 is 9.16 Å². The van der Waals surface area contributed by atoms with Crippen molar-refractivity contribution in [3.63, 3.8) is 0 Å². The number of allylic oxidation sites excluding steroid dienone is 5. The molecule has 0 amide bonds. The van der Waals surface area contributed by atoms with E-state index in [1.54, 1.807) is 0 Å². The molecule has 0 heterocycles. The summed E-state index contributed by atoms with van der Waals surface area (Å²) in [5, 5.41) is 0. The van der Waals surface area contributed by atoms with Crippen LogP contribution < -0.4 is 0 Å². The van der Waals surface area contributed by atoms with Gasteiger partial charge in [0.15, 0.2) is 8.32 Å². The van der Waals surface area contributed by atoms with Crippen LogP contribution in [0.4, 0.5) is 0 Å². The van der Waals surface area contributed by atoms with Crippen molar-refractivity contribution in [3.05, 3.63) is 64.4 Å². The van der Waals surface area contributed by atoms with Crippen molar-refractivity contribution in [3.8, 4) is 0 Å². The van der Waals surface area contributed by atoms with Crippen LogP contribution in [0.5, 0.6) is 0 Å². The number of hydrogen-bond acceptors (Lipinski definition) is 2. The lowest BCUT2D eigenvalue weighted by atomic mass is 9.96. The third-order valence-electron chi connectivity index (χ3n) is 4.24. The first-order chi connectivity index (χ1) is 11.0. The Morgan fingerprint density at radius 3 is 2.65 bits per heavy atom. The van der Waals surface area contributed by atoms with Gasteiger partial charge < -0.3 is 9.16 Å². The van der Waals surface area contributed by atoms with E-state index in [1.165, 1.54) is 27.8 Å². The first-order valence-corrected chi connectivity index (χ1v) is 11.8. The maximum absolute atomic E-state index is 6.04. The Hall–Kier alpha value is -1.58. The van der Waals surface area contributed by atoms with Gasteiger partial charge in [-0.1, -0.05) is 35.9 Å². The van der Waals surface area contributed by atoms with Gasteiger partial charge in [-0.3, -0.25) is 0 Å². The van der Waals surface area contributed by atoms with Gasteiger partial charge in [0, 0.05) is 5.57 Å². The lowest BCUT2D eigenvalue weighted by Crippen LogP contribution is -2.27. The first kappa shape index (κ1) is 16.3. The Bertz CT molecular complexity index is 690. The molecule has 0 unspecified atom stereocenters. The third kappa shape index (κ3) is 3.67. The van der Waals surface area contributed by atoms with Crippen molar-refractivity contribution in [2.24, 2.45) is 0 Å². The minimum Gasteiger partial charge on any atom is -0.491 e. The minimum atomic E-state index is -1.46. The summed E-state index contributed by atoms with van der Waals surface area (Å²) in [6, 6.07) is 8.72. The molecule has 0 aromatic heterocycles. The molecule has 0 radical (unpaired) electrons. The number of ether oxygens (including phenoxy) is 1. The summed E-state index contributed by atoms with van der Waals surface area (Å²) in [7, 11) is -1.46. The van der Waals surface area contributed by atoms with Gasteiger partial charge in [0.2, 0.25) is 0 Å². The van der Waals surface area contributed by atoms with E-state index in [0.717, 1.165) is 18.6 Å². The van der Waals surface area contributed by atoms with Gasteiger partial charge in [0.1, 0.15) is 12.4 Å². The van der Waals surface area contributed by atoms with E-state index in [0.29, 0.717) is 13.2 Å². The van der Waals surface area contributed by atoms with Crippen LogP contribution in [0.3, 0.4) is 0 Å². The molecule has 0 atom stereocenters. The molecule has 0 saturated carbocycles. The van der Waals surface area contributed by atoms with E-state index in [2.05, 4.69) is 63.0 Å². The molecule has 2 aliphatic rings. The zero-order chi connectivity index (χ0) is 16.4. The molecule has 0 N–H and O–H groups in total. The maximum atomic E-state index is 6.04. The Labute approximate surface area is 140 Å². The summed E-state index contributed by atoms with van der Waals surface area (Å²) < 4.78 is 11.9. The van der Waals surface area contributed by atoms with Gasteiger partial charge in [-0.05, 0) is 62.2 Å². The molecule has 1 aromatic carbocycles. The van der Waals surface area contributed by atoms with Crippen LogP contribution >= 0.6 is 0 Å². The Morgan fingerprint density at radius 1 is 1.09 bits per heavy atom. The quantitative estimate of drug-likeness (QED) is 0.535. The summed E-state index contributed by atoms with van der Waals surface area (Å²) in [4.78, 5) is 0. The van der Waals surface area contributed by atoms with Crippen molar-refractivity contribution >= 4 is 13.9 Å². The van der Waals surface area contributed by atoms with E-state index in [9.17, 15) is 0 Å². The highest BCUT2D eigenvalue weighted by Gasteiger charge is 2.25. The van der Waals surface area contributed by atoms with Gasteiger partial charge in [-0.25, -0.2) is 0 Å². The van der Waals surface area contributed by atoms with E-state index in [1.807, 2.05) is 0 Å². The molecular weight excluding hydrogens is 300 g/mol. The van der Waals surface area contributed by atoms with E-state index in [4.69, 9.17) is 9.16 Å². The number of benzene rings is 1. The topological polar surface area (TPSA) is 18.5 Å². The highest BCUT2D eigenvalue weighted by Crippen LogP contribution is 2.41. The van der Waals surface area contributed by atoms with Crippen molar-refractivity contribution in [1.29, 1.82) is 0 Å². The molecule has 0 spiro atoms. The summed E-state index contributed by atoms with van der Waals surface area (Å²) >= 11 is 0. The Balaban J connectivity index is 1.75. The second-order valence-electron chi connectivity index (χ2n) is 7.25. The fourth-order valence-electron chi connectivity index (χ4n) is 3.29. The van der Waals surface area contributed by atoms with Crippen molar-refractivity contribution in [1.82, 2.24) is 0 Å². The fraction of sp³-hybridized carbons (Fsp3) is 0.400. The van der Waals surface area contributed by atoms with Gasteiger partial charge in [0.25, 0.3) is 0 Å². The number of hydrogen-bond donors (Lipinski definition) is 0. The van der Waals surface area contributed by atoms with Crippen LogP contribution in [-0.4, -0.2) is 21.5 Å². The van der Waals surface area contributed by atoms with E-state index >= 15 is 0 Å². The molecule has 0 aliphatic heterocycles. The number of rotatable bonds is 6. The van der Waals surface area contributed by atoms with Crippen LogP contribution in [0.25, 0.3) is 5.57 Å². The van der Waals surface area contributed by atoms with Crippen molar-refractivity contribution in [2.45, 2.75) is 39.4 Å². The maximum Gasteiger partial charge on any atom is 0.183 e. The molecule has 3 heteroatoms. The molecular formula is C20H26O2Si. The van der Waals surface area contributed by atoms with Crippen LogP contribution in [0.15, 0.2) is 53.3 Å². The summed E-state index contributed by atoms with van der Waals surface area (Å²) in [5.41, 5.74) is 6.99. The third-order valence-corrected chi connectivity index (χ3v) is 5.31. The molecule has 0 saturated heterocycles. The zero-order valence-corrected chi connectivity index (χ0v) is 15.6. The van der Waals surface area contributed by atoms with Gasteiger partial charge >= 0.3 is 0 Å². The normalized spacial score (nSPS) is 17.2. The van der Waals surface area contributed by atoms with E-state index < -0.39 is 8.32 Å². The zero-order valence-electron chi connectivity index (χ0n) is 14.6. The second-order valence-corrected chi connectivity index (χ2v) is 11.8. The fourth-order valence-corrected chi connectivity index (χ4v) is 3.98. The summed E-state index contributed by atoms with van der Waals surface area (Å²) in [6.45, 7) is 10.2. The average molecular weight is 327 g/mol. The summed E-state index contributed by atoms with van der Waals surface area (Å²) in [6.07, 6.45) is 6.34. The first-order valence-electron chi connectivity index (χ1n) is 8.40. The van der Waals surface area contributed by atoms with Gasteiger partial charge in [0.05, 0.1) is 6.61 Å². The van der Waals surface area contributed by atoms with E-state index in [-0.39, 0.29) is 0 Å². The lowest BCUT2D eigenvalue weighted by molar-refractivity contribution is 0.160. The minimum absolute atomic E-state index is 0.626. The predicted molar refractivity (Wildman–Crippen MR) is 98.8 cm³/mol. The molecule has 1 aromatic rings. The molecule has 2 nitrogen and oxygen atoms in total. The Morgan fingerprint density at radius 2 is 1.87 bits per heavy atom. The molecule has 122 valence electrons. The van der Waals surface area contributed by atoms with Crippen LogP contribution in [0.2, 0.25) is 19.6 Å². The average Bonchev–Trinajstić information content (AvgIpc) is 3.05. The SMILES string of the molecule is CC1=C(C2=C(OCCO[Si](C)(C)C)C=CC2)c2ccccc2C1. The Kier molecular flexibility index (Phi) is 4.60. The summed E-state index contributed by atoms with van der Waals surface area (Å²) in [5.74, 6) is 1.02. The molecule has 0 bridgehead atoms. The second kappa shape index (κ2) is 6.50. The van der Waals surface area contributed by atoms with Crippen LogP contribution in [-0.2, 0) is 15.6 Å². The largest absolute Gasteiger partial charge is 0.491 e. The lowest BCUT2D eigenvalue weighted by Gasteiger charge is -2.18. The molecule has 3 rings (SSSR count). The predicted octanol–water partition coefficient (Wildman–Crippen LogP) is 5.10. The standard InChI is InChI=1S/C20H26O2Si/c1-15-14-16-8-5-6-9-17(16)20(15)18-10-7-11-19(18)21-12-13-22-23(2,3)4/h5-9,11H,10,12-14H2,1-4H3. The highest BCUT2D eigenvalue weighted by atomic mass is 28.4. The van der Waals surface area contributed by atoms with Crippen LogP contribution in [0, 0.1) is 0 Å². The van der Waals surface area contributed by atoms with Crippen molar-refractivity contribution in [2.75, 3.05) is 13.2 Å². The van der Waals surface area contributed by atoms with Gasteiger partial charge in [-0.15, -0.1) is 0 Å². The van der Waals surface area contributed by atoms with Crippen LogP contribution in [0.1, 0.15) is 24.5 Å². The van der Waals surface area contributed by atoms with Gasteiger partial charge in [-0.2, -0.15) is 0 Å². The molecule has 0 fully saturated rings. The molecule has 23 heavy (non-hydrogen) atoms.